The largest absolute Gasteiger partial charge is 0.398 e. The maximum absolute atomic E-state index is 13.3. The molecule has 3 aromatic rings. The highest BCUT2D eigenvalue weighted by atomic mass is 79.9. The van der Waals surface area contributed by atoms with Crippen molar-refractivity contribution < 1.29 is 17.2 Å². The van der Waals surface area contributed by atoms with Crippen LogP contribution in [0, 0.1) is 0 Å². The minimum absolute atomic E-state index is 0.0713. The third kappa shape index (κ3) is 3.66. The van der Waals surface area contributed by atoms with Crippen molar-refractivity contribution in [3.8, 4) is 0 Å². The molecule has 0 unspecified atom stereocenters. The van der Waals surface area contributed by atoms with Crippen LogP contribution in [0.4, 0.5) is 14.5 Å². The Morgan fingerprint density at radius 1 is 1.19 bits per heavy atom. The van der Waals surface area contributed by atoms with Gasteiger partial charge in [0.2, 0.25) is 10.0 Å². The molecule has 4 nitrogen and oxygen atoms in total. The number of anilines is 1. The van der Waals surface area contributed by atoms with Gasteiger partial charge in [-0.05, 0) is 29.8 Å². The number of hydrogen-bond acceptors (Lipinski definition) is 3. The van der Waals surface area contributed by atoms with Crippen molar-refractivity contribution in [2.45, 2.75) is 6.43 Å². The molecule has 2 N–H and O–H groups in total. The van der Waals surface area contributed by atoms with Gasteiger partial charge in [-0.15, -0.1) is 0 Å². The van der Waals surface area contributed by atoms with E-state index in [4.69, 9.17) is 5.73 Å². The number of nitrogens with zero attached hydrogens (tertiary/aromatic N) is 1. The van der Waals surface area contributed by atoms with Crippen molar-refractivity contribution in [3.63, 3.8) is 0 Å². The molecule has 8 heteroatoms. The van der Waals surface area contributed by atoms with Crippen LogP contribution in [-0.2, 0) is 10.0 Å². The van der Waals surface area contributed by atoms with Crippen LogP contribution in [0.15, 0.2) is 59.2 Å². The van der Waals surface area contributed by atoms with Crippen LogP contribution in [0.25, 0.3) is 17.0 Å². The van der Waals surface area contributed by atoms with Gasteiger partial charge in [0.15, 0.2) is 0 Å². The summed E-state index contributed by atoms with van der Waals surface area (Å²) in [6, 6.07) is 11.8. The molecule has 26 heavy (non-hydrogen) atoms. The van der Waals surface area contributed by atoms with E-state index in [0.29, 0.717) is 0 Å². The van der Waals surface area contributed by atoms with Crippen molar-refractivity contribution in [2.24, 2.45) is 0 Å². The van der Waals surface area contributed by atoms with E-state index < -0.39 is 22.0 Å². The highest BCUT2D eigenvalue weighted by Crippen LogP contribution is 2.34. The van der Waals surface area contributed by atoms with Gasteiger partial charge in [0.1, 0.15) is 0 Å². The summed E-state index contributed by atoms with van der Waals surface area (Å²) in [5, 5.41) is 0.0713. The van der Waals surface area contributed by atoms with Crippen LogP contribution < -0.4 is 5.73 Å². The van der Waals surface area contributed by atoms with E-state index in [-0.39, 0.29) is 22.3 Å². The summed E-state index contributed by atoms with van der Waals surface area (Å²) >= 11 is 3.34. The molecular formula is C18H15BrF2N2O2S. The molecule has 1 heterocycles. The van der Waals surface area contributed by atoms with Crippen molar-refractivity contribution in [3.05, 3.63) is 70.3 Å². The van der Waals surface area contributed by atoms with Crippen LogP contribution >= 0.6 is 15.9 Å². The number of alkyl halides is 2. The quantitative estimate of drug-likeness (QED) is 0.578. The minimum Gasteiger partial charge on any atom is -0.398 e. The summed E-state index contributed by atoms with van der Waals surface area (Å²) in [6.45, 7) is 0. The SMILES string of the molecule is Nc1cccc2c1c(C(F)F)cn2S(=O)(=O)CC=Cc1cccc(Br)c1. The molecule has 136 valence electrons. The molecule has 0 aliphatic carbocycles. The number of fused-ring (bicyclic) bond motifs is 1. The molecule has 0 spiro atoms. The van der Waals surface area contributed by atoms with E-state index in [0.717, 1.165) is 20.2 Å². The number of halogens is 3. The van der Waals surface area contributed by atoms with Gasteiger partial charge in [0.05, 0.1) is 11.3 Å². The molecule has 0 saturated carbocycles. The Morgan fingerprint density at radius 3 is 2.62 bits per heavy atom. The van der Waals surface area contributed by atoms with Gasteiger partial charge in [-0.3, -0.25) is 0 Å². The average molecular weight is 441 g/mol. The monoisotopic (exact) mass is 440 g/mol. The third-order valence-electron chi connectivity index (χ3n) is 3.86. The minimum atomic E-state index is -3.87. The topological polar surface area (TPSA) is 65.1 Å². The third-order valence-corrected chi connectivity index (χ3v) is 5.87. The second-order valence-electron chi connectivity index (χ2n) is 5.66. The fourth-order valence-corrected chi connectivity index (χ4v) is 4.35. The Labute approximate surface area is 158 Å². The van der Waals surface area contributed by atoms with Crippen molar-refractivity contribution >= 4 is 48.6 Å². The zero-order chi connectivity index (χ0) is 18.9. The van der Waals surface area contributed by atoms with Crippen molar-refractivity contribution in [1.82, 2.24) is 3.97 Å². The average Bonchev–Trinajstić information content (AvgIpc) is 2.97. The molecule has 1 aromatic heterocycles. The number of nitrogen functional groups attached to an aromatic ring is 1. The standard InChI is InChI=1S/C18H15BrF2N2O2S/c19-13-6-1-4-12(10-13)5-3-9-26(24,25)23-11-14(18(20)21)17-15(22)7-2-8-16(17)23/h1-8,10-11,18H,9,22H2. The van der Waals surface area contributed by atoms with E-state index in [1.807, 2.05) is 24.3 Å². The molecule has 0 bridgehead atoms. The maximum atomic E-state index is 13.3. The zero-order valence-corrected chi connectivity index (χ0v) is 15.8. The fraction of sp³-hybridized carbons (Fsp3) is 0.111. The van der Waals surface area contributed by atoms with E-state index in [1.54, 1.807) is 6.08 Å². The first kappa shape index (κ1) is 18.6. The Hall–Kier alpha value is -2.19. The summed E-state index contributed by atoms with van der Waals surface area (Å²) in [6.07, 6.45) is 1.28. The van der Waals surface area contributed by atoms with Gasteiger partial charge in [-0.25, -0.2) is 21.2 Å². The van der Waals surface area contributed by atoms with Gasteiger partial charge >= 0.3 is 0 Å². The van der Waals surface area contributed by atoms with Crippen LogP contribution in [0.3, 0.4) is 0 Å². The second-order valence-corrected chi connectivity index (χ2v) is 8.46. The summed E-state index contributed by atoms with van der Waals surface area (Å²) in [7, 11) is -3.87. The van der Waals surface area contributed by atoms with E-state index >= 15 is 0 Å². The normalized spacial score (nSPS) is 12.5. The lowest BCUT2D eigenvalue weighted by Gasteiger charge is -2.05. The van der Waals surface area contributed by atoms with Crippen molar-refractivity contribution in [2.75, 3.05) is 11.5 Å². The summed E-state index contributed by atoms with van der Waals surface area (Å²) < 4.78 is 53.7. The molecule has 0 aliphatic rings. The van der Waals surface area contributed by atoms with Gasteiger partial charge in [-0.1, -0.05) is 46.3 Å². The van der Waals surface area contributed by atoms with E-state index in [9.17, 15) is 17.2 Å². The lowest BCUT2D eigenvalue weighted by atomic mass is 10.1. The predicted octanol–water partition coefficient (Wildman–Crippen LogP) is 4.81. The zero-order valence-electron chi connectivity index (χ0n) is 13.4. The van der Waals surface area contributed by atoms with Crippen LogP contribution in [0.1, 0.15) is 17.6 Å². The number of rotatable bonds is 5. The van der Waals surface area contributed by atoms with Gasteiger partial charge in [0, 0.05) is 27.3 Å². The van der Waals surface area contributed by atoms with Gasteiger partial charge in [-0.2, -0.15) is 0 Å². The molecule has 0 fully saturated rings. The molecule has 0 radical (unpaired) electrons. The predicted molar refractivity (Wildman–Crippen MR) is 104 cm³/mol. The first-order valence-electron chi connectivity index (χ1n) is 7.62. The van der Waals surface area contributed by atoms with Gasteiger partial charge < -0.3 is 5.73 Å². The number of hydrogen-bond donors (Lipinski definition) is 1. The second kappa shape index (κ2) is 7.20. The summed E-state index contributed by atoms with van der Waals surface area (Å²) in [4.78, 5) is 0. The van der Waals surface area contributed by atoms with Crippen LogP contribution in [0.2, 0.25) is 0 Å². The number of aromatic nitrogens is 1. The van der Waals surface area contributed by atoms with Crippen LogP contribution in [-0.4, -0.2) is 18.1 Å². The molecule has 2 aromatic carbocycles. The maximum Gasteiger partial charge on any atom is 0.266 e. The summed E-state index contributed by atoms with van der Waals surface area (Å²) in [5.74, 6) is -0.333. The Bertz CT molecular complexity index is 1090. The van der Waals surface area contributed by atoms with Gasteiger partial charge in [0.25, 0.3) is 6.43 Å². The Balaban J connectivity index is 1.98. The van der Waals surface area contributed by atoms with E-state index in [2.05, 4.69) is 15.9 Å². The molecule has 3 rings (SSSR count). The van der Waals surface area contributed by atoms with Crippen LogP contribution in [0.5, 0.6) is 0 Å². The molecule has 0 saturated heterocycles. The molecular weight excluding hydrogens is 426 g/mol. The number of benzene rings is 2. The highest BCUT2D eigenvalue weighted by Gasteiger charge is 2.23. The fourth-order valence-electron chi connectivity index (χ4n) is 2.71. The first-order chi connectivity index (χ1) is 12.3. The Kier molecular flexibility index (Phi) is 5.15. The molecule has 0 atom stereocenters. The van der Waals surface area contributed by atoms with E-state index in [1.165, 1.54) is 24.3 Å². The Morgan fingerprint density at radius 2 is 1.92 bits per heavy atom. The molecule has 0 amide bonds. The first-order valence-corrected chi connectivity index (χ1v) is 10.0. The lowest BCUT2D eigenvalue weighted by molar-refractivity contribution is 0.153. The lowest BCUT2D eigenvalue weighted by Crippen LogP contribution is -2.14. The smallest absolute Gasteiger partial charge is 0.266 e. The highest BCUT2D eigenvalue weighted by molar-refractivity contribution is 9.10. The molecule has 0 aliphatic heterocycles. The summed E-state index contributed by atoms with van der Waals surface area (Å²) in [5.41, 5.74) is 6.49. The number of nitrogens with two attached hydrogens (primary N) is 1. The van der Waals surface area contributed by atoms with Crippen molar-refractivity contribution in [1.29, 1.82) is 0 Å².